The van der Waals surface area contributed by atoms with Crippen molar-refractivity contribution < 1.29 is 18.1 Å². The van der Waals surface area contributed by atoms with Gasteiger partial charge in [0, 0.05) is 18.3 Å². The van der Waals surface area contributed by atoms with Crippen molar-refractivity contribution in [3.63, 3.8) is 0 Å². The van der Waals surface area contributed by atoms with Gasteiger partial charge in [-0.3, -0.25) is 10.1 Å². The molecule has 0 aliphatic carbocycles. The molecule has 5 nitrogen and oxygen atoms in total. The van der Waals surface area contributed by atoms with Gasteiger partial charge in [0.1, 0.15) is 0 Å². The maximum Gasteiger partial charge on any atom is 0.418 e. The summed E-state index contributed by atoms with van der Waals surface area (Å²) in [6, 6.07) is 4.10. The van der Waals surface area contributed by atoms with E-state index in [2.05, 4.69) is 5.10 Å². The number of benzene rings is 1. The van der Waals surface area contributed by atoms with Gasteiger partial charge in [-0.05, 0) is 19.1 Å². The normalized spacial score (nSPS) is 11.6. The van der Waals surface area contributed by atoms with Gasteiger partial charge in [-0.1, -0.05) is 0 Å². The molecule has 0 N–H and O–H groups in total. The Balaban J connectivity index is 2.64. The minimum atomic E-state index is -4.69. The van der Waals surface area contributed by atoms with Crippen LogP contribution in [0.1, 0.15) is 11.3 Å². The minimum Gasteiger partial charge on any atom is -0.258 e. The van der Waals surface area contributed by atoms with E-state index in [0.29, 0.717) is 11.8 Å². The fraction of sp³-hybridized carbons (Fsp3) is 0.182. The Bertz CT molecular complexity index is 634. The van der Waals surface area contributed by atoms with Gasteiger partial charge >= 0.3 is 6.18 Å². The molecule has 2 rings (SSSR count). The van der Waals surface area contributed by atoms with E-state index in [1.165, 1.54) is 6.20 Å². The molecule has 0 fully saturated rings. The van der Waals surface area contributed by atoms with E-state index < -0.39 is 22.4 Å². The first-order valence-electron chi connectivity index (χ1n) is 5.17. The summed E-state index contributed by atoms with van der Waals surface area (Å²) in [7, 11) is 0. The van der Waals surface area contributed by atoms with E-state index in [1.54, 1.807) is 13.0 Å². The highest BCUT2D eigenvalue weighted by atomic mass is 19.4. The van der Waals surface area contributed by atoms with E-state index in [9.17, 15) is 23.3 Å². The third-order valence-corrected chi connectivity index (χ3v) is 2.47. The molecule has 0 saturated carbocycles. The lowest BCUT2D eigenvalue weighted by molar-refractivity contribution is -0.385. The van der Waals surface area contributed by atoms with Crippen molar-refractivity contribution >= 4 is 5.69 Å². The number of nitro benzene ring substituents is 1. The lowest BCUT2D eigenvalue weighted by Crippen LogP contribution is -2.12. The number of non-ortho nitro benzene ring substituents is 1. The van der Waals surface area contributed by atoms with Gasteiger partial charge in [-0.25, -0.2) is 4.68 Å². The molecule has 0 unspecified atom stereocenters. The molecule has 0 radical (unpaired) electrons. The molecular formula is C11H8F3N3O2. The van der Waals surface area contributed by atoms with Crippen molar-refractivity contribution in [2.45, 2.75) is 13.1 Å². The van der Waals surface area contributed by atoms with Gasteiger partial charge in [0.2, 0.25) is 0 Å². The molecule has 0 bridgehead atoms. The predicted octanol–water partition coefficient (Wildman–Crippen LogP) is 3.11. The van der Waals surface area contributed by atoms with Crippen LogP contribution in [0.15, 0.2) is 30.5 Å². The smallest absolute Gasteiger partial charge is 0.258 e. The highest BCUT2D eigenvalue weighted by Gasteiger charge is 2.35. The Kier molecular flexibility index (Phi) is 3.01. The van der Waals surface area contributed by atoms with E-state index in [1.807, 2.05) is 0 Å². The number of aromatic nitrogens is 2. The highest BCUT2D eigenvalue weighted by Crippen LogP contribution is 2.35. The molecule has 2 aromatic rings. The maximum absolute atomic E-state index is 12.9. The van der Waals surface area contributed by atoms with Gasteiger partial charge in [0.25, 0.3) is 5.69 Å². The van der Waals surface area contributed by atoms with Crippen molar-refractivity contribution in [2.24, 2.45) is 0 Å². The standard InChI is InChI=1S/C11H8F3N3O2/c1-7-4-5-16(15-7)10-3-2-8(17(18)19)6-9(10)11(12,13)14/h2-6H,1H3. The third-order valence-electron chi connectivity index (χ3n) is 2.47. The zero-order valence-electron chi connectivity index (χ0n) is 9.68. The molecule has 100 valence electrons. The number of alkyl halides is 3. The number of nitro groups is 1. The molecule has 0 aliphatic rings. The number of halogens is 3. The van der Waals surface area contributed by atoms with Crippen LogP contribution in [0.25, 0.3) is 5.69 Å². The van der Waals surface area contributed by atoms with Crippen LogP contribution in [0.4, 0.5) is 18.9 Å². The zero-order valence-corrected chi connectivity index (χ0v) is 9.68. The average Bonchev–Trinajstić information content (AvgIpc) is 2.73. The van der Waals surface area contributed by atoms with Crippen molar-refractivity contribution in [2.75, 3.05) is 0 Å². The molecule has 0 amide bonds. The molecule has 0 aliphatic heterocycles. The van der Waals surface area contributed by atoms with Gasteiger partial charge in [0.05, 0.1) is 21.9 Å². The van der Waals surface area contributed by atoms with Gasteiger partial charge < -0.3 is 0 Å². The summed E-state index contributed by atoms with van der Waals surface area (Å²) in [6.45, 7) is 1.63. The van der Waals surface area contributed by atoms with Crippen LogP contribution in [0.2, 0.25) is 0 Å². The van der Waals surface area contributed by atoms with Gasteiger partial charge in [-0.2, -0.15) is 18.3 Å². The second-order valence-electron chi connectivity index (χ2n) is 3.86. The Morgan fingerprint density at radius 2 is 2.00 bits per heavy atom. The summed E-state index contributed by atoms with van der Waals surface area (Å²) >= 11 is 0. The lowest BCUT2D eigenvalue weighted by atomic mass is 10.1. The van der Waals surface area contributed by atoms with Crippen LogP contribution >= 0.6 is 0 Å². The molecule has 0 atom stereocenters. The van der Waals surface area contributed by atoms with Crippen LogP contribution in [0.3, 0.4) is 0 Å². The van der Waals surface area contributed by atoms with Gasteiger partial charge in [0.15, 0.2) is 0 Å². The summed E-state index contributed by atoms with van der Waals surface area (Å²) in [6.07, 6.45) is -3.33. The lowest BCUT2D eigenvalue weighted by Gasteiger charge is -2.12. The number of aryl methyl sites for hydroxylation is 1. The first-order chi connectivity index (χ1) is 8.79. The molecule has 19 heavy (non-hydrogen) atoms. The second-order valence-corrected chi connectivity index (χ2v) is 3.86. The van der Waals surface area contributed by atoms with Crippen molar-refractivity contribution in [3.05, 3.63) is 51.8 Å². The predicted molar refractivity (Wildman–Crippen MR) is 60.0 cm³/mol. The minimum absolute atomic E-state index is 0.244. The fourth-order valence-electron chi connectivity index (χ4n) is 1.61. The van der Waals surface area contributed by atoms with E-state index >= 15 is 0 Å². The van der Waals surface area contributed by atoms with E-state index in [0.717, 1.165) is 16.8 Å². The summed E-state index contributed by atoms with van der Waals surface area (Å²) in [5.41, 5.74) is -1.40. The fourth-order valence-corrected chi connectivity index (χ4v) is 1.61. The van der Waals surface area contributed by atoms with Crippen molar-refractivity contribution in [1.29, 1.82) is 0 Å². The van der Waals surface area contributed by atoms with Crippen LogP contribution in [0.5, 0.6) is 0 Å². The Labute approximate surface area is 105 Å². The van der Waals surface area contributed by atoms with Gasteiger partial charge in [-0.15, -0.1) is 0 Å². The first-order valence-corrected chi connectivity index (χ1v) is 5.17. The number of hydrogen-bond acceptors (Lipinski definition) is 3. The monoisotopic (exact) mass is 271 g/mol. The van der Waals surface area contributed by atoms with Crippen LogP contribution in [0, 0.1) is 17.0 Å². The largest absolute Gasteiger partial charge is 0.418 e. The first kappa shape index (κ1) is 13.1. The summed E-state index contributed by atoms with van der Waals surface area (Å²) in [4.78, 5) is 9.68. The number of hydrogen-bond donors (Lipinski definition) is 0. The maximum atomic E-state index is 12.9. The van der Waals surface area contributed by atoms with Crippen molar-refractivity contribution in [1.82, 2.24) is 9.78 Å². The quantitative estimate of drug-likeness (QED) is 0.622. The number of rotatable bonds is 2. The Morgan fingerprint density at radius 3 is 2.47 bits per heavy atom. The molecule has 0 spiro atoms. The Morgan fingerprint density at radius 1 is 1.32 bits per heavy atom. The molecule has 1 heterocycles. The SMILES string of the molecule is Cc1ccn(-c2ccc([N+](=O)[O-])cc2C(F)(F)F)n1. The number of nitrogens with zero attached hydrogens (tertiary/aromatic N) is 3. The molecule has 1 aromatic carbocycles. The molecule has 8 heteroatoms. The highest BCUT2D eigenvalue weighted by molar-refractivity contribution is 5.49. The van der Waals surface area contributed by atoms with E-state index in [4.69, 9.17) is 0 Å². The van der Waals surface area contributed by atoms with Crippen LogP contribution in [-0.4, -0.2) is 14.7 Å². The molecule has 0 saturated heterocycles. The summed E-state index contributed by atoms with van der Waals surface area (Å²) < 4.78 is 39.8. The van der Waals surface area contributed by atoms with Crippen molar-refractivity contribution in [3.8, 4) is 5.69 Å². The molecular weight excluding hydrogens is 263 g/mol. The second kappa shape index (κ2) is 4.38. The Hall–Kier alpha value is -2.38. The van der Waals surface area contributed by atoms with E-state index in [-0.39, 0.29) is 5.69 Å². The summed E-state index contributed by atoms with van der Waals surface area (Å²) in [5.74, 6) is 0. The molecule has 1 aromatic heterocycles. The average molecular weight is 271 g/mol. The topological polar surface area (TPSA) is 61.0 Å². The van der Waals surface area contributed by atoms with Crippen LogP contribution < -0.4 is 0 Å². The summed E-state index contributed by atoms with van der Waals surface area (Å²) in [5, 5.41) is 14.4. The third kappa shape index (κ3) is 2.56. The zero-order chi connectivity index (χ0) is 14.2. The van der Waals surface area contributed by atoms with Crippen LogP contribution in [-0.2, 0) is 6.18 Å².